The summed E-state index contributed by atoms with van der Waals surface area (Å²) < 4.78 is 12.6. The van der Waals surface area contributed by atoms with Gasteiger partial charge in [-0.3, -0.25) is 9.20 Å². The van der Waals surface area contributed by atoms with Crippen LogP contribution in [0.15, 0.2) is 66.9 Å². The Morgan fingerprint density at radius 1 is 0.966 bits per heavy atom. The highest BCUT2D eigenvalue weighted by atomic mass is 16.5. The van der Waals surface area contributed by atoms with Gasteiger partial charge in [-0.2, -0.15) is 0 Å². The van der Waals surface area contributed by atoms with Crippen LogP contribution in [0.2, 0.25) is 0 Å². The number of anilines is 1. The van der Waals surface area contributed by atoms with E-state index in [9.17, 15) is 4.79 Å². The summed E-state index contributed by atoms with van der Waals surface area (Å²) in [6, 6.07) is 18.6. The van der Waals surface area contributed by atoms with Gasteiger partial charge < -0.3 is 14.8 Å². The predicted octanol–water partition coefficient (Wildman–Crippen LogP) is 3.59. The number of amides is 1. The van der Waals surface area contributed by atoms with Crippen LogP contribution in [0.1, 0.15) is 21.7 Å². The number of benzene rings is 2. The molecule has 1 amide bonds. The van der Waals surface area contributed by atoms with Crippen molar-refractivity contribution in [3.8, 4) is 11.5 Å². The van der Waals surface area contributed by atoms with Crippen molar-refractivity contribution in [2.75, 3.05) is 19.5 Å². The molecule has 0 unspecified atom stereocenters. The van der Waals surface area contributed by atoms with Crippen LogP contribution in [0.25, 0.3) is 5.65 Å². The van der Waals surface area contributed by atoms with Gasteiger partial charge in [0.25, 0.3) is 5.91 Å². The zero-order chi connectivity index (χ0) is 20.2. The minimum atomic E-state index is -0.267. The van der Waals surface area contributed by atoms with Crippen LogP contribution in [0.4, 0.5) is 5.69 Å². The second-order valence-corrected chi connectivity index (χ2v) is 6.41. The second kappa shape index (κ2) is 8.02. The van der Waals surface area contributed by atoms with Gasteiger partial charge in [-0.05, 0) is 42.0 Å². The van der Waals surface area contributed by atoms with E-state index in [-0.39, 0.29) is 5.91 Å². The molecule has 0 radical (unpaired) electrons. The van der Waals surface area contributed by atoms with E-state index in [1.807, 2.05) is 53.1 Å². The maximum atomic E-state index is 12.7. The third kappa shape index (κ3) is 3.75. The largest absolute Gasteiger partial charge is 0.493 e. The highest BCUT2D eigenvalue weighted by molar-refractivity contribution is 6.06. The molecule has 7 heteroatoms. The number of nitrogens with zero attached hydrogens (tertiary/aromatic N) is 3. The van der Waals surface area contributed by atoms with Crippen molar-refractivity contribution in [2.24, 2.45) is 0 Å². The first kappa shape index (κ1) is 18.5. The Balaban J connectivity index is 1.49. The fraction of sp³-hybridized carbons (Fsp3) is 0.136. The van der Waals surface area contributed by atoms with Gasteiger partial charge in [-0.1, -0.05) is 24.3 Å². The Hall–Kier alpha value is -3.87. The van der Waals surface area contributed by atoms with Crippen LogP contribution >= 0.6 is 0 Å². The van der Waals surface area contributed by atoms with Crippen molar-refractivity contribution in [3.63, 3.8) is 0 Å². The number of fused-ring (bicyclic) bond motifs is 1. The van der Waals surface area contributed by atoms with Gasteiger partial charge in [-0.25, -0.2) is 0 Å². The van der Waals surface area contributed by atoms with Crippen molar-refractivity contribution in [3.05, 3.63) is 83.8 Å². The van der Waals surface area contributed by atoms with E-state index in [2.05, 4.69) is 15.5 Å². The fourth-order valence-electron chi connectivity index (χ4n) is 3.16. The van der Waals surface area contributed by atoms with Crippen molar-refractivity contribution in [1.82, 2.24) is 14.6 Å². The molecule has 4 rings (SSSR count). The number of carbonyl (C=O) groups is 1. The molecule has 4 aromatic rings. The Kier molecular flexibility index (Phi) is 5.11. The molecule has 0 aliphatic heterocycles. The van der Waals surface area contributed by atoms with E-state index in [1.54, 1.807) is 18.2 Å². The molecule has 29 heavy (non-hydrogen) atoms. The van der Waals surface area contributed by atoms with Gasteiger partial charge in [0, 0.05) is 18.3 Å². The predicted molar refractivity (Wildman–Crippen MR) is 110 cm³/mol. The van der Waals surface area contributed by atoms with Crippen LogP contribution in [-0.4, -0.2) is 34.7 Å². The molecule has 0 saturated heterocycles. The van der Waals surface area contributed by atoms with E-state index < -0.39 is 0 Å². The molecule has 146 valence electrons. The fourth-order valence-corrected chi connectivity index (χ4v) is 3.16. The lowest BCUT2D eigenvalue weighted by Gasteiger charge is -2.12. The molecule has 0 bridgehead atoms. The lowest BCUT2D eigenvalue weighted by Crippen LogP contribution is -2.13. The molecule has 0 fully saturated rings. The summed E-state index contributed by atoms with van der Waals surface area (Å²) in [5.41, 5.74) is 2.99. The Labute approximate surface area is 167 Å². The maximum Gasteiger partial charge on any atom is 0.259 e. The molecule has 7 nitrogen and oxygen atoms in total. The van der Waals surface area contributed by atoms with Crippen LogP contribution in [-0.2, 0) is 6.42 Å². The molecule has 0 atom stereocenters. The first-order chi connectivity index (χ1) is 14.2. The molecule has 2 aromatic heterocycles. The zero-order valence-electron chi connectivity index (χ0n) is 16.1. The van der Waals surface area contributed by atoms with Crippen LogP contribution in [0.3, 0.4) is 0 Å². The van der Waals surface area contributed by atoms with E-state index in [0.717, 1.165) is 17.0 Å². The minimum Gasteiger partial charge on any atom is -0.493 e. The quantitative estimate of drug-likeness (QED) is 0.546. The van der Waals surface area contributed by atoms with Crippen molar-refractivity contribution >= 4 is 17.2 Å². The normalized spacial score (nSPS) is 10.7. The number of aromatic nitrogens is 3. The van der Waals surface area contributed by atoms with E-state index in [1.165, 1.54) is 14.2 Å². The Morgan fingerprint density at radius 2 is 1.79 bits per heavy atom. The summed E-state index contributed by atoms with van der Waals surface area (Å²) in [5.74, 6) is 1.51. The van der Waals surface area contributed by atoms with Crippen molar-refractivity contribution in [2.45, 2.75) is 6.42 Å². The van der Waals surface area contributed by atoms with E-state index in [4.69, 9.17) is 9.47 Å². The van der Waals surface area contributed by atoms with Gasteiger partial charge in [0.05, 0.1) is 19.8 Å². The number of pyridine rings is 1. The standard InChI is InChI=1S/C22H20N4O3/c1-28-18-7-5-6-17(21(18)29-2)22(27)23-16-11-9-15(10-12-16)14-20-25-24-19-8-3-4-13-26(19)20/h3-13H,14H2,1-2H3,(H,23,27). The van der Waals surface area contributed by atoms with Gasteiger partial charge in [0.15, 0.2) is 17.1 Å². The first-order valence-electron chi connectivity index (χ1n) is 9.09. The average molecular weight is 388 g/mol. The highest BCUT2D eigenvalue weighted by Crippen LogP contribution is 2.31. The van der Waals surface area contributed by atoms with Gasteiger partial charge >= 0.3 is 0 Å². The number of carbonyl (C=O) groups excluding carboxylic acids is 1. The van der Waals surface area contributed by atoms with Crippen molar-refractivity contribution < 1.29 is 14.3 Å². The summed E-state index contributed by atoms with van der Waals surface area (Å²) in [5, 5.41) is 11.3. The molecule has 2 aromatic carbocycles. The molecular formula is C22H20N4O3. The van der Waals surface area contributed by atoms with Gasteiger partial charge in [-0.15, -0.1) is 10.2 Å². The number of hydrogen-bond acceptors (Lipinski definition) is 5. The summed E-state index contributed by atoms with van der Waals surface area (Å²) in [7, 11) is 3.05. The Bertz CT molecular complexity index is 1150. The highest BCUT2D eigenvalue weighted by Gasteiger charge is 2.16. The molecular weight excluding hydrogens is 368 g/mol. The monoisotopic (exact) mass is 388 g/mol. The maximum absolute atomic E-state index is 12.7. The van der Waals surface area contributed by atoms with E-state index in [0.29, 0.717) is 29.2 Å². The molecule has 0 aliphatic carbocycles. The SMILES string of the molecule is COc1cccc(C(=O)Nc2ccc(Cc3nnc4ccccn34)cc2)c1OC. The smallest absolute Gasteiger partial charge is 0.259 e. The number of nitrogens with one attached hydrogen (secondary N) is 1. The molecule has 0 saturated carbocycles. The third-order valence-electron chi connectivity index (χ3n) is 4.61. The van der Waals surface area contributed by atoms with Crippen LogP contribution in [0, 0.1) is 0 Å². The van der Waals surface area contributed by atoms with Crippen molar-refractivity contribution in [1.29, 1.82) is 0 Å². The average Bonchev–Trinajstić information content (AvgIpc) is 3.17. The topological polar surface area (TPSA) is 77.8 Å². The zero-order valence-corrected chi connectivity index (χ0v) is 16.1. The molecule has 2 heterocycles. The summed E-state index contributed by atoms with van der Waals surface area (Å²) in [4.78, 5) is 12.7. The third-order valence-corrected chi connectivity index (χ3v) is 4.61. The second-order valence-electron chi connectivity index (χ2n) is 6.41. The number of para-hydroxylation sites is 1. The van der Waals surface area contributed by atoms with E-state index >= 15 is 0 Å². The summed E-state index contributed by atoms with van der Waals surface area (Å²) in [6.07, 6.45) is 2.59. The van der Waals surface area contributed by atoms with Gasteiger partial charge in [0.1, 0.15) is 5.82 Å². The lowest BCUT2D eigenvalue weighted by atomic mass is 10.1. The molecule has 0 spiro atoms. The number of methoxy groups -OCH3 is 2. The summed E-state index contributed by atoms with van der Waals surface area (Å²) in [6.45, 7) is 0. The minimum absolute atomic E-state index is 0.267. The van der Waals surface area contributed by atoms with Crippen LogP contribution in [0.5, 0.6) is 11.5 Å². The number of rotatable bonds is 6. The number of hydrogen-bond donors (Lipinski definition) is 1. The summed E-state index contributed by atoms with van der Waals surface area (Å²) >= 11 is 0. The van der Waals surface area contributed by atoms with Crippen LogP contribution < -0.4 is 14.8 Å². The lowest BCUT2D eigenvalue weighted by molar-refractivity contribution is 0.102. The Morgan fingerprint density at radius 3 is 2.55 bits per heavy atom. The molecule has 1 N–H and O–H groups in total. The number of ether oxygens (including phenoxy) is 2. The molecule has 0 aliphatic rings. The van der Waals surface area contributed by atoms with Gasteiger partial charge in [0.2, 0.25) is 0 Å². The first-order valence-corrected chi connectivity index (χ1v) is 9.09.